The van der Waals surface area contributed by atoms with Gasteiger partial charge in [-0.2, -0.15) is 4.98 Å². The van der Waals surface area contributed by atoms with Crippen LogP contribution in [0.15, 0.2) is 4.52 Å². The molecular weight excluding hydrogens is 220 g/mol. The third kappa shape index (κ3) is 2.58. The Balaban J connectivity index is 2.12. The monoisotopic (exact) mass is 240 g/mol. The molecule has 2 unspecified atom stereocenters. The number of likely N-dealkylation sites (N-methyl/N-ethyl adjacent to an activating group) is 1. The fourth-order valence-corrected chi connectivity index (χ4v) is 2.00. The van der Waals surface area contributed by atoms with E-state index in [1.807, 2.05) is 19.0 Å². The molecule has 0 saturated carbocycles. The SMILES string of the molecule is CCN(C)c1noc(C2COCCC2NC)n1. The lowest BCUT2D eigenvalue weighted by Crippen LogP contribution is -2.39. The van der Waals surface area contributed by atoms with Crippen LogP contribution < -0.4 is 10.2 Å². The van der Waals surface area contributed by atoms with E-state index >= 15 is 0 Å². The molecule has 1 aliphatic rings. The first-order valence-corrected chi connectivity index (χ1v) is 6.06. The lowest BCUT2D eigenvalue weighted by Gasteiger charge is -2.28. The molecule has 1 aromatic rings. The lowest BCUT2D eigenvalue weighted by atomic mass is 9.96. The van der Waals surface area contributed by atoms with Crippen molar-refractivity contribution in [3.63, 3.8) is 0 Å². The zero-order chi connectivity index (χ0) is 12.3. The molecule has 2 rings (SSSR count). The molecule has 0 amide bonds. The highest BCUT2D eigenvalue weighted by molar-refractivity contribution is 5.26. The number of hydrogen-bond donors (Lipinski definition) is 1. The molecule has 1 aliphatic heterocycles. The van der Waals surface area contributed by atoms with Gasteiger partial charge in [0.15, 0.2) is 0 Å². The average molecular weight is 240 g/mol. The maximum atomic E-state index is 5.48. The third-order valence-electron chi connectivity index (χ3n) is 3.29. The van der Waals surface area contributed by atoms with Crippen molar-refractivity contribution in [2.75, 3.05) is 38.8 Å². The molecular formula is C11H20N4O2. The molecule has 0 bridgehead atoms. The maximum Gasteiger partial charge on any atom is 0.265 e. The lowest BCUT2D eigenvalue weighted by molar-refractivity contribution is 0.0516. The molecule has 0 aliphatic carbocycles. The van der Waals surface area contributed by atoms with Crippen molar-refractivity contribution in [3.05, 3.63) is 5.89 Å². The number of aromatic nitrogens is 2. The molecule has 1 fully saturated rings. The van der Waals surface area contributed by atoms with E-state index in [0.29, 0.717) is 24.5 Å². The highest BCUT2D eigenvalue weighted by Crippen LogP contribution is 2.25. The predicted octanol–water partition coefficient (Wildman–Crippen LogP) is 0.618. The van der Waals surface area contributed by atoms with E-state index in [4.69, 9.17) is 9.26 Å². The summed E-state index contributed by atoms with van der Waals surface area (Å²) in [6.07, 6.45) is 0.975. The van der Waals surface area contributed by atoms with Gasteiger partial charge in [-0.15, -0.1) is 0 Å². The first kappa shape index (κ1) is 12.3. The van der Waals surface area contributed by atoms with E-state index < -0.39 is 0 Å². The molecule has 0 spiro atoms. The number of hydrogen-bond acceptors (Lipinski definition) is 6. The topological polar surface area (TPSA) is 63.4 Å². The van der Waals surface area contributed by atoms with Gasteiger partial charge in [0.25, 0.3) is 5.95 Å². The van der Waals surface area contributed by atoms with E-state index in [-0.39, 0.29) is 5.92 Å². The van der Waals surface area contributed by atoms with Gasteiger partial charge in [-0.3, -0.25) is 0 Å². The van der Waals surface area contributed by atoms with E-state index in [2.05, 4.69) is 22.4 Å². The van der Waals surface area contributed by atoms with E-state index in [9.17, 15) is 0 Å². The molecule has 1 saturated heterocycles. The van der Waals surface area contributed by atoms with Gasteiger partial charge in [-0.25, -0.2) is 0 Å². The minimum absolute atomic E-state index is 0.153. The molecule has 17 heavy (non-hydrogen) atoms. The van der Waals surface area contributed by atoms with Crippen molar-refractivity contribution in [2.24, 2.45) is 0 Å². The molecule has 6 heteroatoms. The van der Waals surface area contributed by atoms with Gasteiger partial charge in [0.1, 0.15) is 0 Å². The van der Waals surface area contributed by atoms with Crippen molar-refractivity contribution < 1.29 is 9.26 Å². The zero-order valence-corrected chi connectivity index (χ0v) is 10.6. The molecule has 2 atom stereocenters. The zero-order valence-electron chi connectivity index (χ0n) is 10.6. The Morgan fingerprint density at radius 3 is 3.06 bits per heavy atom. The van der Waals surface area contributed by atoms with Crippen molar-refractivity contribution in [1.82, 2.24) is 15.5 Å². The summed E-state index contributed by atoms with van der Waals surface area (Å²) in [6.45, 7) is 4.34. The fourth-order valence-electron chi connectivity index (χ4n) is 2.00. The normalized spacial score (nSPS) is 24.9. The molecule has 6 nitrogen and oxygen atoms in total. The van der Waals surface area contributed by atoms with Crippen molar-refractivity contribution in [2.45, 2.75) is 25.3 Å². The average Bonchev–Trinajstić information content (AvgIpc) is 2.87. The quantitative estimate of drug-likeness (QED) is 0.832. The summed E-state index contributed by atoms with van der Waals surface area (Å²) in [5.74, 6) is 1.46. The van der Waals surface area contributed by atoms with E-state index in [0.717, 1.165) is 19.6 Å². The van der Waals surface area contributed by atoms with Crippen molar-refractivity contribution >= 4 is 5.95 Å². The van der Waals surface area contributed by atoms with Crippen LogP contribution in [-0.2, 0) is 4.74 Å². The number of nitrogens with zero attached hydrogens (tertiary/aromatic N) is 3. The Hall–Kier alpha value is -1.14. The highest BCUT2D eigenvalue weighted by Gasteiger charge is 2.30. The summed E-state index contributed by atoms with van der Waals surface area (Å²) in [4.78, 5) is 6.38. The van der Waals surface area contributed by atoms with Crippen LogP contribution in [0.25, 0.3) is 0 Å². The van der Waals surface area contributed by atoms with Crippen LogP contribution in [-0.4, -0.2) is 50.0 Å². The maximum absolute atomic E-state index is 5.48. The van der Waals surface area contributed by atoms with Crippen LogP contribution in [0.2, 0.25) is 0 Å². The smallest absolute Gasteiger partial charge is 0.265 e. The van der Waals surface area contributed by atoms with Crippen molar-refractivity contribution in [1.29, 1.82) is 0 Å². The van der Waals surface area contributed by atoms with Crippen LogP contribution >= 0.6 is 0 Å². The Labute approximate surface area is 101 Å². The van der Waals surface area contributed by atoms with Gasteiger partial charge in [0.2, 0.25) is 5.89 Å². The van der Waals surface area contributed by atoms with Crippen LogP contribution in [0.5, 0.6) is 0 Å². The summed E-state index contributed by atoms with van der Waals surface area (Å²) in [5, 5.41) is 7.27. The van der Waals surface area contributed by atoms with Gasteiger partial charge in [-0.1, -0.05) is 0 Å². The Morgan fingerprint density at radius 1 is 1.53 bits per heavy atom. The van der Waals surface area contributed by atoms with Gasteiger partial charge >= 0.3 is 0 Å². The minimum atomic E-state index is 0.153. The first-order valence-electron chi connectivity index (χ1n) is 6.06. The standard InChI is InChI=1S/C11H20N4O2/c1-4-15(3)11-13-10(17-14-11)8-7-16-6-5-9(8)12-2/h8-9,12H,4-7H2,1-3H3. The molecule has 96 valence electrons. The van der Waals surface area contributed by atoms with E-state index in [1.165, 1.54) is 0 Å². The van der Waals surface area contributed by atoms with Gasteiger partial charge in [0, 0.05) is 26.2 Å². The molecule has 2 heterocycles. The van der Waals surface area contributed by atoms with Crippen LogP contribution in [0, 0.1) is 0 Å². The van der Waals surface area contributed by atoms with Crippen LogP contribution in [0.3, 0.4) is 0 Å². The summed E-state index contributed by atoms with van der Waals surface area (Å²) in [6, 6.07) is 0.351. The number of anilines is 1. The largest absolute Gasteiger partial charge is 0.381 e. The highest BCUT2D eigenvalue weighted by atomic mass is 16.5. The minimum Gasteiger partial charge on any atom is -0.381 e. The van der Waals surface area contributed by atoms with Gasteiger partial charge in [0.05, 0.1) is 12.5 Å². The molecule has 0 aromatic carbocycles. The molecule has 0 radical (unpaired) electrons. The van der Waals surface area contributed by atoms with Gasteiger partial charge < -0.3 is 19.5 Å². The predicted molar refractivity (Wildman–Crippen MR) is 64.3 cm³/mol. The Kier molecular flexibility index (Phi) is 3.96. The van der Waals surface area contributed by atoms with Crippen LogP contribution in [0.1, 0.15) is 25.2 Å². The Morgan fingerprint density at radius 2 is 2.35 bits per heavy atom. The summed E-state index contributed by atoms with van der Waals surface area (Å²) < 4.78 is 10.8. The second-order valence-electron chi connectivity index (χ2n) is 4.31. The van der Waals surface area contributed by atoms with Gasteiger partial charge in [-0.05, 0) is 25.5 Å². The second-order valence-corrected chi connectivity index (χ2v) is 4.31. The van der Waals surface area contributed by atoms with E-state index in [1.54, 1.807) is 0 Å². The second kappa shape index (κ2) is 5.46. The Bertz CT molecular complexity index is 355. The number of ether oxygens (including phenoxy) is 1. The number of rotatable bonds is 4. The van der Waals surface area contributed by atoms with Crippen LogP contribution in [0.4, 0.5) is 5.95 Å². The van der Waals surface area contributed by atoms with Crippen molar-refractivity contribution in [3.8, 4) is 0 Å². The number of nitrogens with one attached hydrogen (secondary N) is 1. The summed E-state index contributed by atoms with van der Waals surface area (Å²) >= 11 is 0. The summed E-state index contributed by atoms with van der Waals surface area (Å²) in [5.41, 5.74) is 0. The third-order valence-corrected chi connectivity index (χ3v) is 3.29. The fraction of sp³-hybridized carbons (Fsp3) is 0.818. The molecule has 1 N–H and O–H groups in total. The first-order chi connectivity index (χ1) is 8.26. The summed E-state index contributed by atoms with van der Waals surface area (Å²) in [7, 11) is 3.90. The molecule has 1 aromatic heterocycles.